The minimum Gasteiger partial charge on any atom is -0.493 e. The summed E-state index contributed by atoms with van der Waals surface area (Å²) in [5, 5.41) is 28.7. The van der Waals surface area contributed by atoms with Gasteiger partial charge in [0, 0.05) is 12.1 Å². The maximum absolute atomic E-state index is 10.3. The van der Waals surface area contributed by atoms with E-state index in [0.29, 0.717) is 11.5 Å². The van der Waals surface area contributed by atoms with Gasteiger partial charge in [-0.05, 0) is 36.2 Å². The Morgan fingerprint density at radius 2 is 1.49 bits per heavy atom. The number of methoxy groups -OCH3 is 2. The van der Waals surface area contributed by atoms with Crippen LogP contribution in [0.5, 0.6) is 17.2 Å². The average molecular weight is 492 g/mol. The van der Waals surface area contributed by atoms with Crippen molar-refractivity contribution in [1.82, 2.24) is 0 Å². The van der Waals surface area contributed by atoms with E-state index in [-0.39, 0.29) is 11.4 Å². The molecule has 0 heterocycles. The van der Waals surface area contributed by atoms with Gasteiger partial charge in [0.15, 0.2) is 11.5 Å². The molecule has 1 atom stereocenters. The highest BCUT2D eigenvalue weighted by Crippen LogP contribution is 2.31. The summed E-state index contributed by atoms with van der Waals surface area (Å²) >= 11 is 0. The van der Waals surface area contributed by atoms with Crippen LogP contribution >= 0.6 is 0 Å². The molecule has 2 aromatic carbocycles. The van der Waals surface area contributed by atoms with Gasteiger partial charge < -0.3 is 24.4 Å². The molecule has 9 nitrogen and oxygen atoms in total. The fourth-order valence-corrected chi connectivity index (χ4v) is 3.44. The lowest BCUT2D eigenvalue weighted by Crippen LogP contribution is -2.02. The molecule has 2 aromatic rings. The van der Waals surface area contributed by atoms with Gasteiger partial charge in [0.1, 0.15) is 5.75 Å². The third-order valence-corrected chi connectivity index (χ3v) is 5.38. The maximum atomic E-state index is 10.3. The van der Waals surface area contributed by atoms with Crippen LogP contribution in [0.15, 0.2) is 42.5 Å². The highest BCUT2D eigenvalue weighted by atomic mass is 16.7. The zero-order valence-electron chi connectivity index (χ0n) is 20.8. The third-order valence-electron chi connectivity index (χ3n) is 5.38. The van der Waals surface area contributed by atoms with Crippen molar-refractivity contribution >= 4 is 11.8 Å². The molecule has 0 amide bonds. The predicted molar refractivity (Wildman–Crippen MR) is 133 cm³/mol. The summed E-state index contributed by atoms with van der Waals surface area (Å²) < 4.78 is 14.7. The van der Waals surface area contributed by atoms with Crippen LogP contribution in [0.2, 0.25) is 0 Å². The second kappa shape index (κ2) is 17.2. The Labute approximate surface area is 206 Å². The Bertz CT molecular complexity index is 885. The van der Waals surface area contributed by atoms with Gasteiger partial charge in [-0.1, -0.05) is 64.4 Å². The van der Waals surface area contributed by atoms with Crippen molar-refractivity contribution in [2.24, 2.45) is 0 Å². The van der Waals surface area contributed by atoms with Crippen LogP contribution in [0.1, 0.15) is 76.4 Å². The predicted octanol–water partition coefficient (Wildman–Crippen LogP) is 6.92. The zero-order valence-corrected chi connectivity index (χ0v) is 20.8. The van der Waals surface area contributed by atoms with Gasteiger partial charge in [-0.3, -0.25) is 10.1 Å². The van der Waals surface area contributed by atoms with Gasteiger partial charge in [-0.2, -0.15) is 0 Å². The number of unbranched alkanes of at least 4 members (excludes halogenated alkanes) is 7. The molecule has 0 radical (unpaired) electrons. The van der Waals surface area contributed by atoms with E-state index in [2.05, 4.69) is 11.7 Å². The molecule has 0 saturated carbocycles. The number of carboxylic acid groups (broad SMARTS) is 1. The first-order chi connectivity index (χ1) is 16.8. The fourth-order valence-electron chi connectivity index (χ4n) is 3.44. The maximum Gasteiger partial charge on any atom is 0.511 e. The quantitative estimate of drug-likeness (QED) is 0.0958. The van der Waals surface area contributed by atoms with Crippen molar-refractivity contribution in [2.75, 3.05) is 14.2 Å². The molecule has 9 heteroatoms. The van der Waals surface area contributed by atoms with Crippen LogP contribution < -0.4 is 14.2 Å². The van der Waals surface area contributed by atoms with E-state index in [1.807, 2.05) is 18.2 Å². The normalized spacial score (nSPS) is 11.1. The Morgan fingerprint density at radius 1 is 0.914 bits per heavy atom. The van der Waals surface area contributed by atoms with Crippen LogP contribution in [0.25, 0.3) is 0 Å². The topological polar surface area (TPSA) is 128 Å². The van der Waals surface area contributed by atoms with E-state index in [1.165, 1.54) is 57.1 Å². The number of hydrogen-bond acceptors (Lipinski definition) is 7. The molecule has 0 aliphatic carbocycles. The number of rotatable bonds is 14. The average Bonchev–Trinajstić information content (AvgIpc) is 2.85. The molecule has 0 aliphatic heterocycles. The lowest BCUT2D eigenvalue weighted by Gasteiger charge is -2.14. The van der Waals surface area contributed by atoms with Crippen molar-refractivity contribution in [3.05, 3.63) is 58.1 Å². The summed E-state index contributed by atoms with van der Waals surface area (Å²) in [4.78, 5) is 19.6. The van der Waals surface area contributed by atoms with E-state index in [0.717, 1.165) is 30.5 Å². The molecule has 0 aliphatic rings. The summed E-state index contributed by atoms with van der Waals surface area (Å²) in [5.74, 6) is 1.43. The Kier molecular flexibility index (Phi) is 14.6. The molecule has 2 N–H and O–H groups in total. The van der Waals surface area contributed by atoms with E-state index < -0.39 is 17.2 Å². The Balaban J connectivity index is 0.000000400. The van der Waals surface area contributed by atoms with E-state index >= 15 is 0 Å². The van der Waals surface area contributed by atoms with Gasteiger partial charge >= 0.3 is 6.16 Å². The van der Waals surface area contributed by atoms with Crippen LogP contribution in [0.3, 0.4) is 0 Å². The molecular formula is C26H37NO8. The third kappa shape index (κ3) is 12.1. The van der Waals surface area contributed by atoms with Crippen molar-refractivity contribution < 1.29 is 34.1 Å². The summed E-state index contributed by atoms with van der Waals surface area (Å²) in [5.41, 5.74) is 0.790. The van der Waals surface area contributed by atoms with Crippen molar-refractivity contribution in [3.8, 4) is 17.2 Å². The second-order valence-corrected chi connectivity index (χ2v) is 8.01. The number of benzene rings is 2. The molecule has 2 rings (SSSR count). The van der Waals surface area contributed by atoms with Gasteiger partial charge in [0.25, 0.3) is 5.69 Å². The summed E-state index contributed by atoms with van der Waals surface area (Å²) in [7, 11) is 3.24. The summed E-state index contributed by atoms with van der Waals surface area (Å²) in [6.45, 7) is 2.25. The van der Waals surface area contributed by atoms with Gasteiger partial charge in [0.05, 0.1) is 25.2 Å². The fraction of sp³-hybridized carbons (Fsp3) is 0.500. The molecule has 0 bridgehead atoms. The van der Waals surface area contributed by atoms with Gasteiger partial charge in [0.2, 0.25) is 0 Å². The molecular weight excluding hydrogens is 454 g/mol. The van der Waals surface area contributed by atoms with Gasteiger partial charge in [-0.15, -0.1) is 0 Å². The number of carbonyl (C=O) groups is 1. The zero-order chi connectivity index (χ0) is 26.1. The van der Waals surface area contributed by atoms with Gasteiger partial charge in [-0.25, -0.2) is 4.79 Å². The van der Waals surface area contributed by atoms with E-state index in [4.69, 9.17) is 14.6 Å². The standard InChI is InChI=1S/C19H32O3.C7H5NO5/c1-4-5-6-7-8-9-10-11-12-17(20)16-13-14-18(21-2)19(15-16)22-3;9-7(10)13-6-3-1-5(2-4-6)8(11)12/h13-15,17,20H,4-12H2,1-3H3;1-4H,(H,9,10). The molecule has 0 aromatic heterocycles. The number of aliphatic hydroxyl groups is 1. The van der Waals surface area contributed by atoms with E-state index in [1.54, 1.807) is 14.2 Å². The minimum absolute atomic E-state index is 0.0538. The molecule has 194 valence electrons. The molecule has 35 heavy (non-hydrogen) atoms. The Hall–Kier alpha value is -3.33. The minimum atomic E-state index is -1.45. The van der Waals surface area contributed by atoms with E-state index in [9.17, 15) is 20.0 Å². The molecule has 0 saturated heterocycles. The van der Waals surface area contributed by atoms with Crippen molar-refractivity contribution in [2.45, 2.75) is 70.8 Å². The summed E-state index contributed by atoms with van der Waals surface area (Å²) in [6, 6.07) is 10.4. The largest absolute Gasteiger partial charge is 0.511 e. The summed E-state index contributed by atoms with van der Waals surface area (Å²) in [6.07, 6.45) is 9.21. The molecule has 0 fully saturated rings. The number of non-ortho nitro benzene ring substituents is 1. The first-order valence-electron chi connectivity index (χ1n) is 11.9. The highest BCUT2D eigenvalue weighted by Gasteiger charge is 2.11. The Morgan fingerprint density at radius 3 is 2.00 bits per heavy atom. The first-order valence-corrected chi connectivity index (χ1v) is 11.9. The number of nitro groups is 1. The second-order valence-electron chi connectivity index (χ2n) is 8.01. The number of hydrogen-bond donors (Lipinski definition) is 2. The monoisotopic (exact) mass is 491 g/mol. The SMILES string of the molecule is CCCCCCCCCCC(O)c1ccc(OC)c(OC)c1.O=C(O)Oc1ccc([N+](=O)[O-])cc1. The van der Waals surface area contributed by atoms with Crippen LogP contribution in [-0.2, 0) is 0 Å². The number of nitro benzene ring substituents is 1. The van der Waals surface area contributed by atoms with Crippen molar-refractivity contribution in [3.63, 3.8) is 0 Å². The highest BCUT2D eigenvalue weighted by molar-refractivity contribution is 5.61. The lowest BCUT2D eigenvalue weighted by molar-refractivity contribution is -0.384. The number of nitrogens with zero attached hydrogens (tertiary/aromatic N) is 1. The van der Waals surface area contributed by atoms with Crippen LogP contribution in [0.4, 0.5) is 10.5 Å². The molecule has 1 unspecified atom stereocenters. The molecule has 0 spiro atoms. The lowest BCUT2D eigenvalue weighted by atomic mass is 10.0. The van der Waals surface area contributed by atoms with Crippen LogP contribution in [-0.4, -0.2) is 35.5 Å². The first kappa shape index (κ1) is 29.7. The van der Waals surface area contributed by atoms with Crippen molar-refractivity contribution in [1.29, 1.82) is 0 Å². The number of ether oxygens (including phenoxy) is 3. The smallest absolute Gasteiger partial charge is 0.493 e. The van der Waals surface area contributed by atoms with Crippen LogP contribution in [0, 0.1) is 10.1 Å². The number of aliphatic hydroxyl groups excluding tert-OH is 1.